The smallest absolute Gasteiger partial charge is 0.227 e. The zero-order valence-electron chi connectivity index (χ0n) is 15.6. The van der Waals surface area contributed by atoms with Crippen LogP contribution in [-0.4, -0.2) is 20.5 Å². The summed E-state index contributed by atoms with van der Waals surface area (Å²) in [6, 6.07) is 16.1. The number of halogens is 1. The quantitative estimate of drug-likeness (QED) is 0.635. The Kier molecular flexibility index (Phi) is 4.67. The van der Waals surface area contributed by atoms with Gasteiger partial charge in [0.25, 0.3) is 0 Å². The number of rotatable bonds is 4. The molecule has 5 nitrogen and oxygen atoms in total. The Balaban J connectivity index is 1.52. The van der Waals surface area contributed by atoms with Gasteiger partial charge in [-0.25, -0.2) is 9.07 Å². The lowest BCUT2D eigenvalue weighted by Gasteiger charge is -2.32. The van der Waals surface area contributed by atoms with E-state index in [0.717, 1.165) is 35.4 Å². The Hall–Kier alpha value is -2.93. The number of hydrogen-bond acceptors (Lipinski definition) is 5. The van der Waals surface area contributed by atoms with E-state index in [4.69, 9.17) is 5.10 Å². The molecule has 0 fully saturated rings. The van der Waals surface area contributed by atoms with Crippen LogP contribution in [0.5, 0.6) is 0 Å². The van der Waals surface area contributed by atoms with Gasteiger partial charge in [-0.15, -0.1) is 5.10 Å². The molecule has 3 aromatic rings. The fourth-order valence-corrected chi connectivity index (χ4v) is 4.66. The van der Waals surface area contributed by atoms with Crippen LogP contribution in [-0.2, 0) is 10.5 Å². The minimum absolute atomic E-state index is 0.118. The van der Waals surface area contributed by atoms with E-state index in [0.29, 0.717) is 17.5 Å². The van der Waals surface area contributed by atoms with E-state index in [1.54, 1.807) is 28.6 Å². The summed E-state index contributed by atoms with van der Waals surface area (Å²) in [5, 5.41) is 8.67. The van der Waals surface area contributed by atoms with Crippen molar-refractivity contribution in [2.45, 2.75) is 36.2 Å². The van der Waals surface area contributed by atoms with Crippen molar-refractivity contribution in [1.82, 2.24) is 14.8 Å². The largest absolute Gasteiger partial charge is 0.328 e. The molecule has 2 heterocycles. The van der Waals surface area contributed by atoms with Gasteiger partial charge in [0.05, 0.1) is 0 Å². The summed E-state index contributed by atoms with van der Waals surface area (Å²) in [5.74, 6) is 1.21. The molecule has 0 saturated carbocycles. The van der Waals surface area contributed by atoms with E-state index in [1.807, 2.05) is 18.2 Å². The van der Waals surface area contributed by atoms with Crippen LogP contribution in [0, 0.1) is 5.82 Å². The highest BCUT2D eigenvalue weighted by Crippen LogP contribution is 2.40. The van der Waals surface area contributed by atoms with E-state index in [2.05, 4.69) is 22.4 Å². The minimum Gasteiger partial charge on any atom is -0.328 e. The van der Waals surface area contributed by atoms with Gasteiger partial charge in [-0.3, -0.25) is 4.79 Å². The van der Waals surface area contributed by atoms with Gasteiger partial charge in [-0.2, -0.15) is 4.98 Å². The van der Waals surface area contributed by atoms with Crippen LogP contribution in [0.3, 0.4) is 0 Å². The molecular formula is C22H19FN4OS. The second kappa shape index (κ2) is 7.48. The number of ketones is 1. The third kappa shape index (κ3) is 3.46. The third-order valence-corrected chi connectivity index (χ3v) is 6.15. The lowest BCUT2D eigenvalue weighted by Crippen LogP contribution is -2.31. The number of thioether (sulfide) groups is 1. The van der Waals surface area contributed by atoms with Crippen LogP contribution in [0.4, 0.5) is 10.3 Å². The van der Waals surface area contributed by atoms with Crippen molar-refractivity contribution in [3.63, 3.8) is 0 Å². The maximum atomic E-state index is 13.5. The van der Waals surface area contributed by atoms with Gasteiger partial charge in [-0.1, -0.05) is 54.2 Å². The van der Waals surface area contributed by atoms with Gasteiger partial charge < -0.3 is 5.32 Å². The van der Waals surface area contributed by atoms with E-state index >= 15 is 0 Å². The van der Waals surface area contributed by atoms with Crippen molar-refractivity contribution in [1.29, 1.82) is 0 Å². The van der Waals surface area contributed by atoms with E-state index in [-0.39, 0.29) is 17.6 Å². The highest BCUT2D eigenvalue weighted by atomic mass is 32.2. The molecule has 7 heteroatoms. The third-order valence-electron chi connectivity index (χ3n) is 5.25. The molecule has 29 heavy (non-hydrogen) atoms. The predicted octanol–water partition coefficient (Wildman–Crippen LogP) is 4.73. The Morgan fingerprint density at radius 2 is 1.90 bits per heavy atom. The number of anilines is 1. The number of hydrogen-bond donors (Lipinski definition) is 1. The highest BCUT2D eigenvalue weighted by molar-refractivity contribution is 7.98. The molecule has 1 aliphatic carbocycles. The van der Waals surface area contributed by atoms with Gasteiger partial charge in [-0.05, 0) is 36.1 Å². The molecule has 0 spiro atoms. The Labute approximate surface area is 172 Å². The Bertz CT molecular complexity index is 1090. The molecule has 0 amide bonds. The number of aromatic nitrogens is 3. The summed E-state index contributed by atoms with van der Waals surface area (Å²) in [5.41, 5.74) is 3.66. The van der Waals surface area contributed by atoms with Crippen LogP contribution in [0.15, 0.2) is 71.0 Å². The van der Waals surface area contributed by atoms with Crippen LogP contribution in [0.25, 0.3) is 0 Å². The van der Waals surface area contributed by atoms with Crippen molar-refractivity contribution in [3.05, 3.63) is 82.8 Å². The number of carbonyl (C=O) groups excluding carboxylic acids is 1. The fraction of sp³-hybridized carbons (Fsp3) is 0.227. The monoisotopic (exact) mass is 406 g/mol. The first-order valence-electron chi connectivity index (χ1n) is 9.61. The molecule has 1 aromatic heterocycles. The lowest BCUT2D eigenvalue weighted by atomic mass is 9.85. The number of carbonyl (C=O) groups is 1. The summed E-state index contributed by atoms with van der Waals surface area (Å²) < 4.78 is 15.3. The topological polar surface area (TPSA) is 59.8 Å². The number of benzene rings is 2. The second-order valence-corrected chi connectivity index (χ2v) is 8.13. The molecule has 2 aliphatic rings. The summed E-state index contributed by atoms with van der Waals surface area (Å²) in [6.45, 7) is 0. The summed E-state index contributed by atoms with van der Waals surface area (Å²) in [7, 11) is 0. The molecule has 2 aromatic carbocycles. The molecule has 0 bridgehead atoms. The molecule has 1 atom stereocenters. The van der Waals surface area contributed by atoms with Crippen molar-refractivity contribution >= 4 is 23.5 Å². The van der Waals surface area contributed by atoms with Gasteiger partial charge in [0.1, 0.15) is 11.9 Å². The van der Waals surface area contributed by atoms with Gasteiger partial charge >= 0.3 is 0 Å². The number of nitrogens with zero attached hydrogens (tertiary/aromatic N) is 3. The molecule has 1 unspecified atom stereocenters. The maximum Gasteiger partial charge on any atom is 0.227 e. The summed E-state index contributed by atoms with van der Waals surface area (Å²) in [6.07, 6.45) is 2.15. The number of allylic oxidation sites excluding steroid dienone is 2. The Morgan fingerprint density at radius 3 is 2.69 bits per heavy atom. The second-order valence-electron chi connectivity index (χ2n) is 7.18. The Morgan fingerprint density at radius 1 is 1.10 bits per heavy atom. The molecular weight excluding hydrogens is 387 g/mol. The van der Waals surface area contributed by atoms with E-state index in [9.17, 15) is 9.18 Å². The zero-order chi connectivity index (χ0) is 19.8. The van der Waals surface area contributed by atoms with E-state index in [1.165, 1.54) is 17.7 Å². The summed E-state index contributed by atoms with van der Waals surface area (Å²) in [4.78, 5) is 17.4. The van der Waals surface area contributed by atoms with Crippen molar-refractivity contribution < 1.29 is 9.18 Å². The van der Waals surface area contributed by atoms with Gasteiger partial charge in [0.15, 0.2) is 5.78 Å². The average Bonchev–Trinajstić information content (AvgIpc) is 3.15. The minimum atomic E-state index is -0.381. The maximum absolute atomic E-state index is 13.5. The number of Topliss-reactive ketones (excluding diaryl/α,β-unsaturated/α-hetero) is 1. The first-order valence-corrected chi connectivity index (χ1v) is 10.6. The van der Waals surface area contributed by atoms with E-state index < -0.39 is 0 Å². The molecule has 1 aliphatic heterocycles. The lowest BCUT2D eigenvalue weighted by molar-refractivity contribution is -0.116. The van der Waals surface area contributed by atoms with Gasteiger partial charge in [0, 0.05) is 23.4 Å². The predicted molar refractivity (Wildman–Crippen MR) is 110 cm³/mol. The summed E-state index contributed by atoms with van der Waals surface area (Å²) >= 11 is 1.55. The standard InChI is InChI=1S/C22H19FN4OS/c23-16-11-9-15(10-12-16)20-19-17(7-4-8-18(19)28)24-21-25-22(26-27(20)21)29-13-14-5-2-1-3-6-14/h1-3,5-6,9-12,20H,4,7-8,13H2,(H,24,25,26). The van der Waals surface area contributed by atoms with Crippen LogP contribution < -0.4 is 5.32 Å². The fourth-order valence-electron chi connectivity index (χ4n) is 3.87. The van der Waals surface area contributed by atoms with Gasteiger partial charge in [0.2, 0.25) is 11.1 Å². The van der Waals surface area contributed by atoms with Crippen molar-refractivity contribution in [2.24, 2.45) is 0 Å². The normalized spacial score (nSPS) is 18.2. The first-order chi connectivity index (χ1) is 14.2. The number of fused-ring (bicyclic) bond motifs is 1. The number of nitrogens with one attached hydrogen (secondary N) is 1. The molecule has 5 rings (SSSR count). The zero-order valence-corrected chi connectivity index (χ0v) is 16.5. The average molecular weight is 406 g/mol. The van der Waals surface area contributed by atoms with Crippen LogP contribution in [0.1, 0.15) is 36.4 Å². The highest BCUT2D eigenvalue weighted by Gasteiger charge is 2.36. The van der Waals surface area contributed by atoms with Crippen LogP contribution >= 0.6 is 11.8 Å². The van der Waals surface area contributed by atoms with Crippen molar-refractivity contribution in [3.8, 4) is 0 Å². The molecule has 1 N–H and O–H groups in total. The molecule has 146 valence electrons. The molecule has 0 saturated heterocycles. The first kappa shape index (κ1) is 18.1. The molecule has 0 radical (unpaired) electrons. The van der Waals surface area contributed by atoms with Crippen LogP contribution in [0.2, 0.25) is 0 Å². The SMILES string of the molecule is O=C1CCCC2=C1C(c1ccc(F)cc1)n1nc(SCc3ccccc3)nc1N2. The van der Waals surface area contributed by atoms with Crippen molar-refractivity contribution in [2.75, 3.05) is 5.32 Å².